The minimum atomic E-state index is 0.144. The highest BCUT2D eigenvalue weighted by Gasteiger charge is 2.11. The minimum Gasteiger partial charge on any atom is -0.300 e. The Morgan fingerprint density at radius 3 is 2.00 bits per heavy atom. The lowest BCUT2D eigenvalue weighted by atomic mass is 10.0. The van der Waals surface area contributed by atoms with Gasteiger partial charge in [-0.15, -0.1) is 0 Å². The predicted octanol–water partition coefficient (Wildman–Crippen LogP) is 5.41. The fourth-order valence-electron chi connectivity index (χ4n) is 4.08. The van der Waals surface area contributed by atoms with Gasteiger partial charge in [-0.25, -0.2) is 0 Å². The van der Waals surface area contributed by atoms with E-state index in [2.05, 4.69) is 38.5 Å². The lowest BCUT2D eigenvalue weighted by Gasteiger charge is -2.04. The zero-order chi connectivity index (χ0) is 26.5. The van der Waals surface area contributed by atoms with Gasteiger partial charge in [0, 0.05) is 16.7 Å². The molecule has 0 atom stereocenters. The molecule has 0 aliphatic heterocycles. The summed E-state index contributed by atoms with van der Waals surface area (Å²) in [5.41, 5.74) is 8.12. The van der Waals surface area contributed by atoms with E-state index in [1.807, 2.05) is 54.7 Å². The Balaban J connectivity index is 1.49. The number of hydrogen-bond donors (Lipinski definition) is 2. The van der Waals surface area contributed by atoms with Gasteiger partial charge in [0.15, 0.2) is 0 Å². The smallest absolute Gasteiger partial charge is 0.0930 e. The number of nitrogens with one attached hydrogen (secondary N) is 2. The van der Waals surface area contributed by atoms with Gasteiger partial charge in [0.1, 0.15) is 0 Å². The maximum absolute atomic E-state index is 8.77. The average Bonchev–Trinajstić information content (AvgIpc) is 3.32. The minimum absolute atomic E-state index is 0.144. The molecule has 0 spiro atoms. The van der Waals surface area contributed by atoms with Crippen LogP contribution >= 0.6 is 0 Å². The number of aromatic nitrogens is 5. The van der Waals surface area contributed by atoms with Crippen LogP contribution in [0.3, 0.4) is 0 Å². The number of rotatable bonds is 5. The maximum Gasteiger partial charge on any atom is 0.0930 e. The van der Waals surface area contributed by atoms with Crippen LogP contribution in [0.4, 0.5) is 0 Å². The second-order valence-electron chi connectivity index (χ2n) is 8.47. The third-order valence-corrected chi connectivity index (χ3v) is 6.08. The lowest BCUT2D eigenvalue weighted by molar-refractivity contribution is 1.01. The summed E-state index contributed by atoms with van der Waals surface area (Å²) in [5.74, 6) is 0. The molecule has 0 saturated heterocycles. The summed E-state index contributed by atoms with van der Waals surface area (Å²) in [7, 11) is 0. The van der Waals surface area contributed by atoms with Crippen molar-refractivity contribution in [1.82, 2.24) is 25.4 Å². The molecule has 0 saturated carbocycles. The number of nitrogens with zero attached hydrogens (tertiary/aromatic N) is 5. The molecule has 3 heterocycles. The van der Waals surface area contributed by atoms with Crippen LogP contribution in [0.2, 0.25) is 0 Å². The van der Waals surface area contributed by atoms with Gasteiger partial charge < -0.3 is 5.41 Å². The third-order valence-electron chi connectivity index (χ3n) is 6.08. The zero-order valence-electron chi connectivity index (χ0n) is 20.5. The van der Waals surface area contributed by atoms with Crippen LogP contribution in [-0.4, -0.2) is 31.1 Å². The molecule has 2 aliphatic carbocycles. The van der Waals surface area contributed by atoms with Gasteiger partial charge in [0.2, 0.25) is 0 Å². The van der Waals surface area contributed by atoms with E-state index in [0.717, 1.165) is 44.8 Å². The molecule has 0 aromatic carbocycles. The van der Waals surface area contributed by atoms with E-state index in [0.29, 0.717) is 11.3 Å². The quantitative estimate of drug-likeness (QED) is 0.462. The molecule has 7 heteroatoms. The van der Waals surface area contributed by atoms with Crippen molar-refractivity contribution in [3.8, 4) is 0 Å². The van der Waals surface area contributed by atoms with Crippen molar-refractivity contribution in [3.05, 3.63) is 148 Å². The molecule has 3 aromatic heterocycles. The van der Waals surface area contributed by atoms with E-state index in [4.69, 9.17) is 10.8 Å². The summed E-state index contributed by atoms with van der Waals surface area (Å²) in [6.45, 7) is 7.88. The van der Waals surface area contributed by atoms with Crippen LogP contribution in [0.15, 0.2) is 109 Å². The second kappa shape index (κ2) is 10.7. The molecular weight excluding hydrogens is 470 g/mol. The van der Waals surface area contributed by atoms with E-state index in [1.54, 1.807) is 42.8 Å². The van der Waals surface area contributed by atoms with E-state index in [-0.39, 0.29) is 11.1 Å². The normalized spacial score (nSPS) is 16.0. The molecule has 2 N–H and O–H groups in total. The fraction of sp³-hybridized carbons (Fsp3) is 0. The first-order chi connectivity index (χ1) is 18.6. The Morgan fingerprint density at radius 2 is 1.37 bits per heavy atom. The summed E-state index contributed by atoms with van der Waals surface area (Å²) in [6, 6.07) is 7.34. The number of allylic oxidation sites excluding steroid dienone is 9. The molecular formula is C31H23N7. The van der Waals surface area contributed by atoms with E-state index < -0.39 is 0 Å². The van der Waals surface area contributed by atoms with Crippen molar-refractivity contribution in [2.75, 3.05) is 0 Å². The Kier molecular flexibility index (Phi) is 6.82. The van der Waals surface area contributed by atoms with Crippen LogP contribution < -0.4 is 5.36 Å². The Hall–Kier alpha value is -5.43. The van der Waals surface area contributed by atoms with E-state index in [1.165, 1.54) is 6.20 Å². The third kappa shape index (κ3) is 5.08. The molecule has 0 fully saturated rings. The topological polar surface area (TPSA) is 112 Å². The fourth-order valence-corrected chi connectivity index (χ4v) is 4.08. The molecule has 7 nitrogen and oxygen atoms in total. The molecule has 0 unspecified atom stereocenters. The maximum atomic E-state index is 8.77. The van der Waals surface area contributed by atoms with Crippen molar-refractivity contribution in [1.29, 1.82) is 10.8 Å². The van der Waals surface area contributed by atoms with Gasteiger partial charge in [0.05, 0.1) is 46.7 Å². The summed E-state index contributed by atoms with van der Waals surface area (Å²) in [6.07, 6.45) is 23.5. The largest absolute Gasteiger partial charge is 0.300 e. The van der Waals surface area contributed by atoms with E-state index in [9.17, 15) is 0 Å². The molecule has 0 bridgehead atoms. The van der Waals surface area contributed by atoms with Crippen LogP contribution in [0.1, 0.15) is 33.8 Å². The first-order valence-electron chi connectivity index (χ1n) is 11.8. The number of hydrogen-bond acceptors (Lipinski definition) is 7. The van der Waals surface area contributed by atoms with E-state index >= 15 is 0 Å². The molecule has 38 heavy (non-hydrogen) atoms. The molecule has 5 rings (SSSR count). The Labute approximate surface area is 220 Å². The monoisotopic (exact) mass is 493 g/mol. The van der Waals surface area contributed by atoms with Crippen LogP contribution in [-0.2, 0) is 0 Å². The first kappa shape index (κ1) is 24.3. The SMILES string of the molecule is C=CC1=Cc2ccnnc2C=C/C1=C\C(=N)c1ccc(/C=C2\C=Cc3nnccc3C=C2C=C)ncc1=N. The zero-order valence-corrected chi connectivity index (χ0v) is 20.5. The summed E-state index contributed by atoms with van der Waals surface area (Å²) in [5, 5.41) is 33.7. The standard InChI is InChI=1S/C31H23N7/c1-3-20-15-24-11-13-35-37-30(24)9-5-22(20)17-26-7-8-27(29(33)19-34-26)28(32)18-23-6-10-31-25(12-14-36-38-31)16-21(23)4-2/h3-19,32-33H,1-2H2/b22-17+,23-18+,32-28?,33-29?. The Morgan fingerprint density at radius 1 is 0.763 bits per heavy atom. The first-order valence-corrected chi connectivity index (χ1v) is 11.8. The van der Waals surface area contributed by atoms with Crippen molar-refractivity contribution in [2.45, 2.75) is 0 Å². The van der Waals surface area contributed by atoms with Gasteiger partial charge in [-0.1, -0.05) is 37.5 Å². The summed E-state index contributed by atoms with van der Waals surface area (Å²) >= 11 is 0. The van der Waals surface area contributed by atoms with Gasteiger partial charge in [-0.05, 0) is 83.0 Å². The average molecular weight is 494 g/mol. The van der Waals surface area contributed by atoms with Crippen molar-refractivity contribution < 1.29 is 0 Å². The van der Waals surface area contributed by atoms with Crippen LogP contribution in [0.25, 0.3) is 30.4 Å². The van der Waals surface area contributed by atoms with Gasteiger partial charge >= 0.3 is 0 Å². The van der Waals surface area contributed by atoms with Crippen LogP contribution in [0, 0.1) is 10.8 Å². The lowest BCUT2D eigenvalue weighted by Crippen LogP contribution is -2.10. The molecule has 2 aliphatic rings. The second-order valence-corrected chi connectivity index (χ2v) is 8.47. The molecule has 3 aromatic rings. The van der Waals surface area contributed by atoms with Gasteiger partial charge in [-0.3, -0.25) is 10.4 Å². The molecule has 0 amide bonds. The number of fused-ring (bicyclic) bond motifs is 2. The van der Waals surface area contributed by atoms with Gasteiger partial charge in [0.25, 0.3) is 0 Å². The summed E-state index contributed by atoms with van der Waals surface area (Å²) in [4.78, 5) is 4.49. The van der Waals surface area contributed by atoms with Crippen molar-refractivity contribution in [3.63, 3.8) is 0 Å². The van der Waals surface area contributed by atoms with Crippen molar-refractivity contribution >= 4 is 36.1 Å². The highest BCUT2D eigenvalue weighted by molar-refractivity contribution is 6.07. The molecule has 182 valence electrons. The molecule has 0 radical (unpaired) electrons. The van der Waals surface area contributed by atoms with Crippen LogP contribution in [0.5, 0.6) is 0 Å². The highest BCUT2D eigenvalue weighted by Crippen LogP contribution is 2.26. The highest BCUT2D eigenvalue weighted by atomic mass is 15.1. The Bertz CT molecular complexity index is 1730. The summed E-state index contributed by atoms with van der Waals surface area (Å²) < 4.78 is 0. The van der Waals surface area contributed by atoms with Crippen molar-refractivity contribution in [2.24, 2.45) is 0 Å². The predicted molar refractivity (Wildman–Crippen MR) is 151 cm³/mol. The van der Waals surface area contributed by atoms with Gasteiger partial charge in [-0.2, -0.15) is 20.4 Å².